The lowest BCUT2D eigenvalue weighted by atomic mass is 10.2. The largest absolute Gasteiger partial charge is 0.374 e. The van der Waals surface area contributed by atoms with Crippen LogP contribution in [0.3, 0.4) is 0 Å². The van der Waals surface area contributed by atoms with Crippen molar-refractivity contribution in [1.29, 1.82) is 0 Å². The van der Waals surface area contributed by atoms with E-state index in [0.29, 0.717) is 18.5 Å². The summed E-state index contributed by atoms with van der Waals surface area (Å²) in [6, 6.07) is 0.615. The second-order valence-corrected chi connectivity index (χ2v) is 7.53. The molecule has 1 rings (SSSR count). The van der Waals surface area contributed by atoms with Crippen molar-refractivity contribution in [3.63, 3.8) is 0 Å². The molecule has 1 saturated heterocycles. The Balaban J connectivity index is 0.00000625. The van der Waals surface area contributed by atoms with Gasteiger partial charge in [0.1, 0.15) is 0 Å². The molecule has 0 bridgehead atoms. The van der Waals surface area contributed by atoms with Crippen molar-refractivity contribution in [1.82, 2.24) is 20.4 Å². The highest BCUT2D eigenvalue weighted by Crippen LogP contribution is 2.08. The van der Waals surface area contributed by atoms with Gasteiger partial charge in [-0.1, -0.05) is 20.8 Å². The number of hydrogen-bond acceptors (Lipinski definition) is 4. The van der Waals surface area contributed by atoms with E-state index < -0.39 is 0 Å². The highest BCUT2D eigenvalue weighted by Gasteiger charge is 2.20. The highest BCUT2D eigenvalue weighted by atomic mass is 127. The zero-order valence-electron chi connectivity index (χ0n) is 17.8. The molecule has 0 aliphatic carbocycles. The number of halogens is 1. The van der Waals surface area contributed by atoms with Gasteiger partial charge in [0.05, 0.1) is 19.3 Å². The van der Waals surface area contributed by atoms with E-state index in [9.17, 15) is 0 Å². The minimum atomic E-state index is 0. The summed E-state index contributed by atoms with van der Waals surface area (Å²) in [6.07, 6.45) is 1.38. The normalized spacial score (nSPS) is 20.2. The fourth-order valence-corrected chi connectivity index (χ4v) is 2.99. The molecular formula is C19H42IN5O. The smallest absolute Gasteiger partial charge is 0.191 e. The lowest BCUT2D eigenvalue weighted by Gasteiger charge is -2.33. The van der Waals surface area contributed by atoms with Crippen LogP contribution in [0.25, 0.3) is 0 Å². The average Bonchev–Trinajstić information content (AvgIpc) is 2.58. The lowest BCUT2D eigenvalue weighted by Crippen LogP contribution is -2.46. The summed E-state index contributed by atoms with van der Waals surface area (Å²) in [6.45, 7) is 18.6. The van der Waals surface area contributed by atoms with Crippen molar-refractivity contribution in [2.45, 2.75) is 53.2 Å². The molecule has 1 heterocycles. The van der Waals surface area contributed by atoms with Gasteiger partial charge in [-0.05, 0) is 33.2 Å². The summed E-state index contributed by atoms with van der Waals surface area (Å²) in [7, 11) is 2.18. The summed E-state index contributed by atoms with van der Waals surface area (Å²) < 4.78 is 5.89. The molecule has 0 saturated carbocycles. The molecule has 1 aliphatic heterocycles. The fraction of sp³-hybridized carbons (Fsp3) is 0.947. The van der Waals surface area contributed by atoms with E-state index in [4.69, 9.17) is 9.73 Å². The summed E-state index contributed by atoms with van der Waals surface area (Å²) >= 11 is 0. The van der Waals surface area contributed by atoms with Gasteiger partial charge in [-0.25, -0.2) is 0 Å². The first kappa shape index (κ1) is 25.9. The number of hydrogen-bond donors (Lipinski definition) is 2. The Morgan fingerprint density at radius 1 is 1.27 bits per heavy atom. The van der Waals surface area contributed by atoms with E-state index in [0.717, 1.165) is 51.8 Å². The third-order valence-corrected chi connectivity index (χ3v) is 4.74. The first-order chi connectivity index (χ1) is 12.0. The van der Waals surface area contributed by atoms with Crippen LogP contribution in [-0.2, 0) is 4.74 Å². The number of morpholine rings is 1. The monoisotopic (exact) mass is 483 g/mol. The zero-order valence-corrected chi connectivity index (χ0v) is 20.1. The molecule has 2 N–H and O–H groups in total. The fourth-order valence-electron chi connectivity index (χ4n) is 2.99. The van der Waals surface area contributed by atoms with Gasteiger partial charge in [0.15, 0.2) is 5.96 Å². The van der Waals surface area contributed by atoms with Gasteiger partial charge in [0.2, 0.25) is 0 Å². The summed E-state index contributed by atoms with van der Waals surface area (Å²) in [5.74, 6) is 1.59. The summed E-state index contributed by atoms with van der Waals surface area (Å²) in [4.78, 5) is 9.61. The maximum atomic E-state index is 5.89. The molecule has 26 heavy (non-hydrogen) atoms. The third kappa shape index (κ3) is 10.9. The van der Waals surface area contributed by atoms with Crippen molar-refractivity contribution in [2.75, 3.05) is 59.5 Å². The average molecular weight is 483 g/mol. The molecule has 1 fully saturated rings. The van der Waals surface area contributed by atoms with Crippen LogP contribution in [0.5, 0.6) is 0 Å². The van der Waals surface area contributed by atoms with E-state index in [1.54, 1.807) is 0 Å². The highest BCUT2D eigenvalue weighted by molar-refractivity contribution is 14.0. The number of aliphatic imine (C=N–C) groups is 1. The molecule has 156 valence electrons. The topological polar surface area (TPSA) is 52.1 Å². The molecular weight excluding hydrogens is 441 g/mol. The van der Waals surface area contributed by atoms with E-state index in [1.807, 2.05) is 0 Å². The first-order valence-corrected chi connectivity index (χ1v) is 10.0. The van der Waals surface area contributed by atoms with Crippen LogP contribution in [0.4, 0.5) is 0 Å². The third-order valence-electron chi connectivity index (χ3n) is 4.74. The zero-order chi connectivity index (χ0) is 18.7. The summed E-state index contributed by atoms with van der Waals surface area (Å²) in [5.41, 5.74) is 0. The van der Waals surface area contributed by atoms with Crippen molar-refractivity contribution >= 4 is 29.9 Å². The van der Waals surface area contributed by atoms with Crippen LogP contribution in [0.1, 0.15) is 41.0 Å². The van der Waals surface area contributed by atoms with Gasteiger partial charge < -0.3 is 20.3 Å². The number of likely N-dealkylation sites (N-methyl/N-ethyl adjacent to an activating group) is 1. The van der Waals surface area contributed by atoms with Gasteiger partial charge in [-0.15, -0.1) is 24.0 Å². The van der Waals surface area contributed by atoms with Crippen molar-refractivity contribution in [3.8, 4) is 0 Å². The first-order valence-electron chi connectivity index (χ1n) is 10.0. The number of nitrogens with zero attached hydrogens (tertiary/aromatic N) is 3. The Morgan fingerprint density at radius 2 is 2.00 bits per heavy atom. The minimum Gasteiger partial charge on any atom is -0.374 e. The lowest BCUT2D eigenvalue weighted by molar-refractivity contribution is -0.0261. The molecule has 0 aromatic rings. The molecule has 6 nitrogen and oxygen atoms in total. The SMILES string of the molecule is CCNC(=NCC1CN(CC(C)C)CCO1)NCCN(C)C(C)CC.I. The Morgan fingerprint density at radius 3 is 2.62 bits per heavy atom. The predicted octanol–water partition coefficient (Wildman–Crippen LogP) is 2.25. The molecule has 0 radical (unpaired) electrons. The predicted molar refractivity (Wildman–Crippen MR) is 123 cm³/mol. The number of nitrogens with one attached hydrogen (secondary N) is 2. The molecule has 1 aliphatic rings. The van der Waals surface area contributed by atoms with E-state index in [2.05, 4.69) is 62.1 Å². The van der Waals surface area contributed by atoms with Crippen LogP contribution in [-0.4, -0.2) is 87.4 Å². The number of rotatable bonds is 10. The van der Waals surface area contributed by atoms with Crippen molar-refractivity contribution in [3.05, 3.63) is 0 Å². The Labute approximate surface area is 178 Å². The molecule has 2 atom stereocenters. The van der Waals surface area contributed by atoms with Gasteiger partial charge in [0.25, 0.3) is 0 Å². The van der Waals surface area contributed by atoms with E-state index >= 15 is 0 Å². The van der Waals surface area contributed by atoms with Crippen LogP contribution in [0, 0.1) is 5.92 Å². The quantitative estimate of drug-likeness (QED) is 0.284. The van der Waals surface area contributed by atoms with Crippen molar-refractivity contribution in [2.24, 2.45) is 10.9 Å². The molecule has 7 heteroatoms. The Bertz CT molecular complexity index is 381. The standard InChI is InChI=1S/C19H41N5O.HI/c1-7-17(5)23(6)10-9-21-19(20-8-2)22-13-18-15-24(11-12-25-18)14-16(3)4;/h16-18H,7-15H2,1-6H3,(H2,20,21,22);1H. The van der Waals surface area contributed by atoms with Crippen LogP contribution in [0.15, 0.2) is 4.99 Å². The maximum Gasteiger partial charge on any atom is 0.191 e. The van der Waals surface area contributed by atoms with Gasteiger partial charge in [0, 0.05) is 45.3 Å². The van der Waals surface area contributed by atoms with Crippen LogP contribution < -0.4 is 10.6 Å². The molecule has 0 aromatic carbocycles. The van der Waals surface area contributed by atoms with Gasteiger partial charge in [-0.3, -0.25) is 9.89 Å². The molecule has 0 aromatic heterocycles. The molecule has 0 amide bonds. The Kier molecular flexibility index (Phi) is 14.8. The van der Waals surface area contributed by atoms with Crippen molar-refractivity contribution < 1.29 is 4.74 Å². The van der Waals surface area contributed by atoms with Gasteiger partial charge >= 0.3 is 0 Å². The van der Waals surface area contributed by atoms with Gasteiger partial charge in [-0.2, -0.15) is 0 Å². The molecule has 0 spiro atoms. The number of guanidine groups is 1. The van der Waals surface area contributed by atoms with Crippen LogP contribution >= 0.6 is 24.0 Å². The van der Waals surface area contributed by atoms with E-state index in [1.165, 1.54) is 6.42 Å². The molecule has 2 unspecified atom stereocenters. The minimum absolute atomic E-state index is 0. The second kappa shape index (κ2) is 14.9. The number of ether oxygens (including phenoxy) is 1. The maximum absolute atomic E-state index is 5.89. The Hall–Kier alpha value is -0.120. The second-order valence-electron chi connectivity index (χ2n) is 7.53. The van der Waals surface area contributed by atoms with E-state index in [-0.39, 0.29) is 30.1 Å². The van der Waals surface area contributed by atoms with Crippen LogP contribution in [0.2, 0.25) is 0 Å². The summed E-state index contributed by atoms with van der Waals surface area (Å²) in [5, 5.41) is 6.78.